The van der Waals surface area contributed by atoms with E-state index in [4.69, 9.17) is 9.25 Å². The number of hydrogen-bond donors (Lipinski definition) is 1. The minimum atomic E-state index is -0.188. The highest BCUT2D eigenvalue weighted by atomic mass is 16.7. The predicted molar refractivity (Wildman–Crippen MR) is 107 cm³/mol. The van der Waals surface area contributed by atoms with Crippen LogP contribution < -0.4 is 5.32 Å². The molecule has 1 aromatic carbocycles. The fraction of sp³-hybridized carbons (Fsp3) is 0.500. The molecule has 3 atom stereocenters. The SMILES string of the molecule is C=C1CCC(c2nnc([C@@H]3CC4(CC4)[C@@H]4CN3C(=O)N4OCc3ccccc3)o2)N1. The molecule has 2 amide bonds. The van der Waals surface area contributed by atoms with Gasteiger partial charge in [0.15, 0.2) is 0 Å². The molecule has 3 saturated heterocycles. The van der Waals surface area contributed by atoms with E-state index in [0.29, 0.717) is 24.9 Å². The lowest BCUT2D eigenvalue weighted by molar-refractivity contribution is -0.153. The molecular formula is C22H25N5O3. The number of hydroxylamine groups is 2. The van der Waals surface area contributed by atoms with Crippen LogP contribution in [0, 0.1) is 5.41 Å². The first-order valence-corrected chi connectivity index (χ1v) is 10.7. The number of amides is 2. The van der Waals surface area contributed by atoms with E-state index < -0.39 is 0 Å². The summed E-state index contributed by atoms with van der Waals surface area (Å²) in [7, 11) is 0. The summed E-state index contributed by atoms with van der Waals surface area (Å²) >= 11 is 0. The van der Waals surface area contributed by atoms with Gasteiger partial charge >= 0.3 is 6.03 Å². The molecular weight excluding hydrogens is 382 g/mol. The highest BCUT2D eigenvalue weighted by Crippen LogP contribution is 2.61. The lowest BCUT2D eigenvalue weighted by Crippen LogP contribution is -2.42. The van der Waals surface area contributed by atoms with E-state index in [1.165, 1.54) is 0 Å². The maximum Gasteiger partial charge on any atom is 0.345 e. The van der Waals surface area contributed by atoms with Crippen LogP contribution >= 0.6 is 0 Å². The van der Waals surface area contributed by atoms with Crippen LogP contribution in [0.3, 0.4) is 0 Å². The van der Waals surface area contributed by atoms with Crippen LogP contribution in [0.2, 0.25) is 0 Å². The number of aromatic nitrogens is 2. The molecule has 8 heteroatoms. The number of nitrogens with zero attached hydrogens (tertiary/aromatic N) is 4. The van der Waals surface area contributed by atoms with Crippen molar-refractivity contribution in [3.63, 3.8) is 0 Å². The summed E-state index contributed by atoms with van der Waals surface area (Å²) < 4.78 is 6.06. The van der Waals surface area contributed by atoms with Crippen molar-refractivity contribution in [2.45, 2.75) is 56.8 Å². The summed E-state index contributed by atoms with van der Waals surface area (Å²) in [5.41, 5.74) is 2.15. The third-order valence-corrected chi connectivity index (χ3v) is 7.03. The molecule has 1 aromatic heterocycles. The molecule has 1 saturated carbocycles. The van der Waals surface area contributed by atoms with Crippen molar-refractivity contribution in [1.29, 1.82) is 0 Å². The van der Waals surface area contributed by atoms with E-state index in [9.17, 15) is 4.79 Å². The average Bonchev–Trinajstić information content (AvgIpc) is 3.10. The molecule has 1 unspecified atom stereocenters. The minimum absolute atomic E-state index is 0.0185. The van der Waals surface area contributed by atoms with Gasteiger partial charge in [-0.3, -0.25) is 4.84 Å². The van der Waals surface area contributed by atoms with Crippen molar-refractivity contribution < 1.29 is 14.0 Å². The molecule has 156 valence electrons. The van der Waals surface area contributed by atoms with Gasteiger partial charge in [0.2, 0.25) is 11.8 Å². The summed E-state index contributed by atoms with van der Waals surface area (Å²) in [5.74, 6) is 1.12. The van der Waals surface area contributed by atoms with Crippen molar-refractivity contribution in [3.8, 4) is 0 Å². The normalized spacial score (nSPS) is 29.0. The van der Waals surface area contributed by atoms with Crippen LogP contribution in [0.4, 0.5) is 4.79 Å². The second-order valence-corrected chi connectivity index (χ2v) is 8.94. The Labute approximate surface area is 174 Å². The van der Waals surface area contributed by atoms with E-state index in [1.54, 1.807) is 5.06 Å². The number of carbonyl (C=O) groups is 1. The molecule has 1 aliphatic carbocycles. The summed E-state index contributed by atoms with van der Waals surface area (Å²) in [6.45, 7) is 5.00. The first kappa shape index (κ1) is 17.9. The lowest BCUT2D eigenvalue weighted by atomic mass is 9.85. The van der Waals surface area contributed by atoms with Gasteiger partial charge in [-0.15, -0.1) is 10.2 Å². The zero-order chi connectivity index (χ0) is 20.3. The number of allylic oxidation sites excluding steroid dienone is 1. The van der Waals surface area contributed by atoms with Gasteiger partial charge < -0.3 is 14.6 Å². The standard InChI is InChI=1S/C22H25N5O3/c1-14-7-8-16(23-14)19-24-25-20(30-19)17-11-22(9-10-22)18-12-26(17)21(28)27(18)29-13-15-5-3-2-4-6-15/h2-6,16-18,23H,1,7-13H2/t16?,17-,18-/m0/s1. The zero-order valence-corrected chi connectivity index (χ0v) is 16.8. The van der Waals surface area contributed by atoms with E-state index in [1.807, 2.05) is 35.2 Å². The summed E-state index contributed by atoms with van der Waals surface area (Å²) in [6, 6.07) is 9.77. The summed E-state index contributed by atoms with van der Waals surface area (Å²) in [5, 5.41) is 13.5. The van der Waals surface area contributed by atoms with Crippen LogP contribution in [-0.4, -0.2) is 38.8 Å². The van der Waals surface area contributed by atoms with E-state index in [2.05, 4.69) is 22.1 Å². The molecule has 30 heavy (non-hydrogen) atoms. The van der Waals surface area contributed by atoms with Crippen LogP contribution in [0.15, 0.2) is 47.0 Å². The van der Waals surface area contributed by atoms with Crippen LogP contribution in [0.25, 0.3) is 0 Å². The molecule has 0 radical (unpaired) electrons. The van der Waals surface area contributed by atoms with Crippen LogP contribution in [0.5, 0.6) is 0 Å². The Bertz CT molecular complexity index is 986. The Morgan fingerprint density at radius 2 is 2.03 bits per heavy atom. The van der Waals surface area contributed by atoms with Gasteiger partial charge in [0, 0.05) is 12.2 Å². The number of piperidine rings is 1. The molecule has 4 heterocycles. The van der Waals surface area contributed by atoms with E-state index in [-0.39, 0.29) is 29.6 Å². The van der Waals surface area contributed by atoms with Gasteiger partial charge in [0.25, 0.3) is 0 Å². The quantitative estimate of drug-likeness (QED) is 0.817. The van der Waals surface area contributed by atoms with Gasteiger partial charge in [-0.1, -0.05) is 36.9 Å². The Balaban J connectivity index is 1.22. The smallest absolute Gasteiger partial charge is 0.345 e. The zero-order valence-electron chi connectivity index (χ0n) is 16.8. The Kier molecular flexibility index (Phi) is 3.93. The van der Waals surface area contributed by atoms with Crippen LogP contribution in [-0.2, 0) is 11.4 Å². The fourth-order valence-corrected chi connectivity index (χ4v) is 5.13. The third-order valence-electron chi connectivity index (χ3n) is 7.03. The van der Waals surface area contributed by atoms with Gasteiger partial charge in [-0.25, -0.2) is 4.79 Å². The third kappa shape index (κ3) is 2.81. The fourth-order valence-electron chi connectivity index (χ4n) is 5.13. The van der Waals surface area contributed by atoms with Crippen molar-refractivity contribution in [2.75, 3.05) is 6.54 Å². The number of nitrogens with one attached hydrogen (secondary N) is 1. The second-order valence-electron chi connectivity index (χ2n) is 8.94. The molecule has 8 nitrogen and oxygen atoms in total. The number of rotatable bonds is 5. The predicted octanol–water partition coefficient (Wildman–Crippen LogP) is 3.47. The Morgan fingerprint density at radius 3 is 2.77 bits per heavy atom. The monoisotopic (exact) mass is 407 g/mol. The minimum Gasteiger partial charge on any atom is -0.421 e. The Hall–Kier alpha value is -2.87. The number of hydrogen-bond acceptors (Lipinski definition) is 6. The summed E-state index contributed by atoms with van der Waals surface area (Å²) in [6.07, 6.45) is 4.87. The first-order valence-electron chi connectivity index (χ1n) is 10.7. The topological polar surface area (TPSA) is 83.7 Å². The second kappa shape index (κ2) is 6.57. The van der Waals surface area contributed by atoms with Crippen molar-refractivity contribution in [3.05, 3.63) is 60.0 Å². The number of benzene rings is 1. The van der Waals surface area contributed by atoms with Crippen molar-refractivity contribution in [2.24, 2.45) is 5.41 Å². The van der Waals surface area contributed by atoms with E-state index in [0.717, 1.165) is 43.4 Å². The maximum atomic E-state index is 13.2. The van der Waals surface area contributed by atoms with Crippen molar-refractivity contribution >= 4 is 6.03 Å². The van der Waals surface area contributed by atoms with Crippen molar-refractivity contribution in [1.82, 2.24) is 25.5 Å². The highest BCUT2D eigenvalue weighted by molar-refractivity contribution is 5.77. The molecule has 1 N–H and O–H groups in total. The first-order chi connectivity index (χ1) is 14.6. The van der Waals surface area contributed by atoms with Gasteiger partial charge in [-0.2, -0.15) is 5.06 Å². The average molecular weight is 407 g/mol. The Morgan fingerprint density at radius 1 is 1.23 bits per heavy atom. The molecule has 6 rings (SSSR count). The van der Waals surface area contributed by atoms with Gasteiger partial charge in [-0.05, 0) is 43.1 Å². The molecule has 2 bridgehead atoms. The lowest BCUT2D eigenvalue weighted by Gasteiger charge is -2.35. The largest absolute Gasteiger partial charge is 0.421 e. The molecule has 3 aliphatic heterocycles. The molecule has 2 aromatic rings. The van der Waals surface area contributed by atoms with Gasteiger partial charge in [0.1, 0.15) is 18.7 Å². The number of fused-ring (bicyclic) bond motifs is 3. The number of carbonyl (C=O) groups excluding carboxylic acids is 1. The molecule has 4 fully saturated rings. The maximum absolute atomic E-state index is 13.2. The van der Waals surface area contributed by atoms with E-state index >= 15 is 0 Å². The summed E-state index contributed by atoms with van der Waals surface area (Å²) in [4.78, 5) is 21.1. The molecule has 1 spiro atoms. The number of urea groups is 1. The molecule has 4 aliphatic rings. The van der Waals surface area contributed by atoms with Gasteiger partial charge in [0.05, 0.1) is 6.04 Å². The highest BCUT2D eigenvalue weighted by Gasteiger charge is 2.64. The van der Waals surface area contributed by atoms with Crippen LogP contribution in [0.1, 0.15) is 61.5 Å².